The van der Waals surface area contributed by atoms with Crippen molar-refractivity contribution in [1.82, 2.24) is 5.32 Å². The Morgan fingerprint density at radius 1 is 1.32 bits per heavy atom. The largest absolute Gasteiger partial charge is 0.310 e. The zero-order valence-electron chi connectivity index (χ0n) is 12.9. The Bertz CT molecular complexity index is 433. The van der Waals surface area contributed by atoms with E-state index < -0.39 is 0 Å². The van der Waals surface area contributed by atoms with Crippen LogP contribution in [0, 0.1) is 5.92 Å². The second-order valence-corrected chi connectivity index (χ2v) is 7.72. The molecule has 2 rings (SSSR count). The first-order valence-corrected chi connectivity index (χ1v) is 8.53. The average molecular weight is 277 g/mol. The summed E-state index contributed by atoms with van der Waals surface area (Å²) in [6, 6.07) is 7.63. The highest BCUT2D eigenvalue weighted by Crippen LogP contribution is 2.36. The van der Waals surface area contributed by atoms with Gasteiger partial charge in [0.1, 0.15) is 0 Å². The Hall–Kier alpha value is -0.470. The van der Waals surface area contributed by atoms with Gasteiger partial charge in [-0.3, -0.25) is 0 Å². The number of hydrogen-bond acceptors (Lipinski definition) is 2. The first-order valence-electron chi connectivity index (χ1n) is 7.38. The molecule has 0 saturated heterocycles. The van der Waals surface area contributed by atoms with Crippen molar-refractivity contribution in [2.75, 3.05) is 12.3 Å². The summed E-state index contributed by atoms with van der Waals surface area (Å²) < 4.78 is 0. The van der Waals surface area contributed by atoms with Gasteiger partial charge in [0.05, 0.1) is 0 Å². The van der Waals surface area contributed by atoms with E-state index >= 15 is 0 Å². The summed E-state index contributed by atoms with van der Waals surface area (Å²) in [5, 5.41) is 3.70. The van der Waals surface area contributed by atoms with Crippen LogP contribution in [0.2, 0.25) is 0 Å². The number of nitrogens with one attached hydrogen (secondary N) is 1. The van der Waals surface area contributed by atoms with Crippen molar-refractivity contribution in [2.45, 2.75) is 51.8 Å². The Morgan fingerprint density at radius 3 is 2.68 bits per heavy atom. The molecule has 1 N–H and O–H groups in total. The van der Waals surface area contributed by atoms with Crippen LogP contribution in [-0.4, -0.2) is 12.3 Å². The molecule has 0 saturated carbocycles. The summed E-state index contributed by atoms with van der Waals surface area (Å²) in [5.74, 6) is 3.10. The first kappa shape index (κ1) is 14.9. The molecule has 0 fully saturated rings. The number of rotatable bonds is 2. The predicted molar refractivity (Wildman–Crippen MR) is 86.9 cm³/mol. The first-order chi connectivity index (χ1) is 8.93. The lowest BCUT2D eigenvalue weighted by Gasteiger charge is -2.27. The molecule has 0 aliphatic carbocycles. The fourth-order valence-corrected chi connectivity index (χ4v) is 3.94. The van der Waals surface area contributed by atoms with Crippen molar-refractivity contribution < 1.29 is 0 Å². The minimum Gasteiger partial charge on any atom is -0.310 e. The van der Waals surface area contributed by atoms with Crippen LogP contribution in [-0.2, 0) is 11.2 Å². The van der Waals surface area contributed by atoms with Gasteiger partial charge in [0.2, 0.25) is 0 Å². The zero-order valence-corrected chi connectivity index (χ0v) is 13.7. The SMILES string of the molecule is CCNC1c2cc(C(C)(C)C)ccc2CSCC1C. The maximum atomic E-state index is 3.70. The molecule has 1 aliphatic rings. The van der Waals surface area contributed by atoms with Gasteiger partial charge in [0, 0.05) is 11.8 Å². The van der Waals surface area contributed by atoms with Crippen molar-refractivity contribution >= 4 is 11.8 Å². The molecule has 1 heterocycles. The third kappa shape index (κ3) is 3.35. The summed E-state index contributed by atoms with van der Waals surface area (Å²) >= 11 is 2.07. The van der Waals surface area contributed by atoms with Gasteiger partial charge < -0.3 is 5.32 Å². The van der Waals surface area contributed by atoms with E-state index in [1.54, 1.807) is 0 Å². The molecule has 0 radical (unpaired) electrons. The fourth-order valence-electron chi connectivity index (χ4n) is 2.77. The normalized spacial score (nSPS) is 23.8. The van der Waals surface area contributed by atoms with E-state index in [1.165, 1.54) is 22.4 Å². The molecule has 2 unspecified atom stereocenters. The summed E-state index contributed by atoms with van der Waals surface area (Å²) in [4.78, 5) is 0. The van der Waals surface area contributed by atoms with Gasteiger partial charge >= 0.3 is 0 Å². The third-order valence-electron chi connectivity index (χ3n) is 3.98. The smallest absolute Gasteiger partial charge is 0.0356 e. The number of fused-ring (bicyclic) bond motifs is 1. The van der Waals surface area contributed by atoms with Crippen LogP contribution in [0.5, 0.6) is 0 Å². The molecule has 1 aliphatic heterocycles. The van der Waals surface area contributed by atoms with Crippen LogP contribution in [0.25, 0.3) is 0 Å². The minimum absolute atomic E-state index is 0.231. The van der Waals surface area contributed by atoms with Gasteiger partial charge in [-0.15, -0.1) is 0 Å². The highest BCUT2D eigenvalue weighted by Gasteiger charge is 2.26. The van der Waals surface area contributed by atoms with Crippen LogP contribution in [0.15, 0.2) is 18.2 Å². The van der Waals surface area contributed by atoms with Crippen molar-refractivity contribution in [3.8, 4) is 0 Å². The molecular weight excluding hydrogens is 250 g/mol. The topological polar surface area (TPSA) is 12.0 Å². The quantitative estimate of drug-likeness (QED) is 0.853. The number of hydrogen-bond donors (Lipinski definition) is 1. The lowest BCUT2D eigenvalue weighted by atomic mass is 9.83. The molecule has 1 aromatic carbocycles. The highest BCUT2D eigenvalue weighted by molar-refractivity contribution is 7.98. The molecule has 0 amide bonds. The van der Waals surface area contributed by atoms with E-state index in [1.807, 2.05) is 0 Å². The molecule has 0 spiro atoms. The van der Waals surface area contributed by atoms with Crippen molar-refractivity contribution in [3.05, 3.63) is 34.9 Å². The van der Waals surface area contributed by atoms with Gasteiger partial charge in [-0.05, 0) is 40.3 Å². The molecule has 19 heavy (non-hydrogen) atoms. The second-order valence-electron chi connectivity index (χ2n) is 6.69. The zero-order chi connectivity index (χ0) is 14.0. The van der Waals surface area contributed by atoms with Gasteiger partial charge in [0.15, 0.2) is 0 Å². The maximum absolute atomic E-state index is 3.70. The maximum Gasteiger partial charge on any atom is 0.0356 e. The van der Waals surface area contributed by atoms with E-state index in [0.717, 1.165) is 12.3 Å². The van der Waals surface area contributed by atoms with Crippen LogP contribution in [0.4, 0.5) is 0 Å². The third-order valence-corrected chi connectivity index (χ3v) is 5.25. The summed E-state index contributed by atoms with van der Waals surface area (Å²) in [5.41, 5.74) is 4.74. The molecule has 2 atom stereocenters. The standard InChI is InChI=1S/C17H27NS/c1-6-18-16-12(2)10-19-11-13-7-8-14(9-15(13)16)17(3,4)5/h7-9,12,16,18H,6,10-11H2,1-5H3. The second kappa shape index (κ2) is 5.88. The van der Waals surface area contributed by atoms with E-state index in [2.05, 4.69) is 69.9 Å². The Kier molecular flexibility index (Phi) is 4.62. The average Bonchev–Trinajstić information content (AvgIpc) is 2.49. The fraction of sp³-hybridized carbons (Fsp3) is 0.647. The molecule has 0 aromatic heterocycles. The summed E-state index contributed by atoms with van der Waals surface area (Å²) in [6.45, 7) is 12.5. The number of benzene rings is 1. The van der Waals surface area contributed by atoms with E-state index in [9.17, 15) is 0 Å². The van der Waals surface area contributed by atoms with Gasteiger partial charge in [-0.25, -0.2) is 0 Å². The Morgan fingerprint density at radius 2 is 2.05 bits per heavy atom. The van der Waals surface area contributed by atoms with Crippen molar-refractivity contribution in [1.29, 1.82) is 0 Å². The lowest BCUT2D eigenvalue weighted by molar-refractivity contribution is 0.427. The molecule has 2 heteroatoms. The Labute approximate surface area is 122 Å². The highest BCUT2D eigenvalue weighted by atomic mass is 32.2. The van der Waals surface area contributed by atoms with E-state index in [0.29, 0.717) is 12.0 Å². The lowest BCUT2D eigenvalue weighted by Crippen LogP contribution is -2.28. The van der Waals surface area contributed by atoms with Crippen LogP contribution in [0.3, 0.4) is 0 Å². The summed E-state index contributed by atoms with van der Waals surface area (Å²) in [7, 11) is 0. The molecule has 1 aromatic rings. The molecule has 1 nitrogen and oxygen atoms in total. The van der Waals surface area contributed by atoms with Crippen LogP contribution in [0.1, 0.15) is 57.4 Å². The minimum atomic E-state index is 0.231. The summed E-state index contributed by atoms with van der Waals surface area (Å²) in [6.07, 6.45) is 0. The van der Waals surface area contributed by atoms with E-state index in [-0.39, 0.29) is 5.41 Å². The number of thioether (sulfide) groups is 1. The molecule has 106 valence electrons. The predicted octanol–water partition coefficient (Wildman–Crippen LogP) is 4.52. The van der Waals surface area contributed by atoms with Crippen LogP contribution >= 0.6 is 11.8 Å². The van der Waals surface area contributed by atoms with Crippen molar-refractivity contribution in [2.24, 2.45) is 5.92 Å². The molecule has 0 bridgehead atoms. The van der Waals surface area contributed by atoms with Gasteiger partial charge in [-0.1, -0.05) is 52.8 Å². The van der Waals surface area contributed by atoms with Gasteiger partial charge in [0.25, 0.3) is 0 Å². The molecular formula is C17H27NS. The monoisotopic (exact) mass is 277 g/mol. The van der Waals surface area contributed by atoms with Crippen LogP contribution < -0.4 is 5.32 Å². The van der Waals surface area contributed by atoms with Gasteiger partial charge in [-0.2, -0.15) is 11.8 Å². The van der Waals surface area contributed by atoms with E-state index in [4.69, 9.17) is 0 Å². The Balaban J connectivity index is 2.45. The van der Waals surface area contributed by atoms with Crippen molar-refractivity contribution in [3.63, 3.8) is 0 Å².